The van der Waals surface area contributed by atoms with Crippen molar-refractivity contribution in [2.75, 3.05) is 0 Å². The highest BCUT2D eigenvalue weighted by atomic mass is 127. The van der Waals surface area contributed by atoms with Crippen molar-refractivity contribution in [3.63, 3.8) is 0 Å². The molecule has 3 nitrogen and oxygen atoms in total. The Bertz CT molecular complexity index is 227. The van der Waals surface area contributed by atoms with E-state index in [1.807, 2.05) is 17.8 Å². The number of hydrogen-bond donors (Lipinski definition) is 1. The average Bonchev–Trinajstić information content (AvgIpc) is 1.88. The number of rotatable bonds is 1. The summed E-state index contributed by atoms with van der Waals surface area (Å²) in [5, 5.41) is 9.07. The van der Waals surface area contributed by atoms with E-state index in [2.05, 4.69) is 4.98 Å². The summed E-state index contributed by atoms with van der Waals surface area (Å²) in [7, 11) is 1.90. The van der Waals surface area contributed by atoms with Gasteiger partial charge in [-0.25, -0.2) is 9.55 Å². The standard InChI is InChI=1S/C7H11N2O.HI/c1-6(10)7-5-9(2)4-3-8-7;/h3-6,10H,1-2H3;1H/q+1;/p-1. The molecule has 1 N–H and O–H groups in total. The number of nitrogens with zero attached hydrogens (tertiary/aromatic N) is 2. The molecule has 0 aliphatic carbocycles. The molecule has 0 amide bonds. The van der Waals surface area contributed by atoms with Crippen LogP contribution in [0.4, 0.5) is 0 Å². The maximum atomic E-state index is 9.07. The Labute approximate surface area is 83.1 Å². The highest BCUT2D eigenvalue weighted by Gasteiger charge is 2.04. The van der Waals surface area contributed by atoms with Crippen LogP contribution in [0, 0.1) is 0 Å². The van der Waals surface area contributed by atoms with Gasteiger partial charge in [-0.3, -0.25) is 0 Å². The topological polar surface area (TPSA) is 37.0 Å². The monoisotopic (exact) mass is 266 g/mol. The fourth-order valence-corrected chi connectivity index (χ4v) is 0.725. The van der Waals surface area contributed by atoms with Gasteiger partial charge in [0.2, 0.25) is 0 Å². The van der Waals surface area contributed by atoms with E-state index in [1.165, 1.54) is 0 Å². The van der Waals surface area contributed by atoms with Gasteiger partial charge < -0.3 is 29.1 Å². The first-order valence-corrected chi connectivity index (χ1v) is 3.19. The maximum Gasteiger partial charge on any atom is 0.192 e. The molecule has 4 heteroatoms. The molecule has 1 rings (SSSR count). The minimum atomic E-state index is -0.479. The van der Waals surface area contributed by atoms with Crippen molar-refractivity contribution >= 4 is 0 Å². The predicted molar refractivity (Wildman–Crippen MR) is 36.0 cm³/mol. The minimum Gasteiger partial charge on any atom is -1.00 e. The van der Waals surface area contributed by atoms with Gasteiger partial charge in [-0.2, -0.15) is 0 Å². The van der Waals surface area contributed by atoms with Crippen molar-refractivity contribution in [3.05, 3.63) is 24.3 Å². The van der Waals surface area contributed by atoms with Crippen LogP contribution >= 0.6 is 0 Å². The lowest BCUT2D eigenvalue weighted by Crippen LogP contribution is -3.00. The Morgan fingerprint density at radius 2 is 2.27 bits per heavy atom. The molecule has 0 aliphatic heterocycles. The first kappa shape index (κ1) is 10.8. The molecule has 0 aromatic carbocycles. The van der Waals surface area contributed by atoms with Crippen LogP contribution in [0.15, 0.2) is 18.6 Å². The number of aromatic nitrogens is 2. The molecule has 0 bridgehead atoms. The Morgan fingerprint density at radius 1 is 1.64 bits per heavy atom. The zero-order valence-electron chi connectivity index (χ0n) is 6.53. The molecule has 0 fully saturated rings. The fraction of sp³-hybridized carbons (Fsp3) is 0.429. The van der Waals surface area contributed by atoms with Gasteiger partial charge in [0, 0.05) is 0 Å². The largest absolute Gasteiger partial charge is 1.00 e. The van der Waals surface area contributed by atoms with E-state index in [1.54, 1.807) is 19.3 Å². The van der Waals surface area contributed by atoms with Gasteiger partial charge in [0.25, 0.3) is 0 Å². The molecule has 0 radical (unpaired) electrons. The Hall–Kier alpha value is -0.230. The van der Waals surface area contributed by atoms with E-state index in [0.29, 0.717) is 5.69 Å². The lowest BCUT2D eigenvalue weighted by atomic mass is 10.3. The van der Waals surface area contributed by atoms with Crippen molar-refractivity contribution in [3.8, 4) is 0 Å². The Kier molecular flexibility index (Phi) is 4.51. The summed E-state index contributed by atoms with van der Waals surface area (Å²) >= 11 is 0. The van der Waals surface area contributed by atoms with Crippen LogP contribution in [0.2, 0.25) is 0 Å². The molecule has 0 saturated carbocycles. The molecule has 0 spiro atoms. The van der Waals surface area contributed by atoms with Crippen LogP contribution in [-0.4, -0.2) is 10.1 Å². The smallest absolute Gasteiger partial charge is 0.192 e. The SMILES string of the molecule is CC(O)c1c[n+](C)ccn1.[I-]. The molecule has 11 heavy (non-hydrogen) atoms. The predicted octanol–water partition coefficient (Wildman–Crippen LogP) is -3.04. The number of halogens is 1. The van der Waals surface area contributed by atoms with Gasteiger partial charge in [0.15, 0.2) is 12.4 Å². The van der Waals surface area contributed by atoms with Gasteiger partial charge in [0.1, 0.15) is 12.7 Å². The Balaban J connectivity index is 0.000001000. The van der Waals surface area contributed by atoms with E-state index in [4.69, 9.17) is 5.11 Å². The molecule has 1 heterocycles. The van der Waals surface area contributed by atoms with Crippen molar-refractivity contribution in [2.24, 2.45) is 7.05 Å². The van der Waals surface area contributed by atoms with E-state index in [0.717, 1.165) is 0 Å². The number of aliphatic hydroxyl groups is 1. The van der Waals surface area contributed by atoms with Crippen LogP contribution < -0.4 is 28.5 Å². The third-order valence-electron chi connectivity index (χ3n) is 1.29. The summed E-state index contributed by atoms with van der Waals surface area (Å²) in [6.07, 6.45) is 4.81. The number of aliphatic hydroxyl groups excluding tert-OH is 1. The quantitative estimate of drug-likeness (QED) is 0.433. The number of aryl methyl sites for hydroxylation is 1. The summed E-state index contributed by atoms with van der Waals surface area (Å²) in [5.74, 6) is 0. The summed E-state index contributed by atoms with van der Waals surface area (Å²) < 4.78 is 1.86. The van der Waals surface area contributed by atoms with Crippen molar-refractivity contribution in [1.29, 1.82) is 0 Å². The van der Waals surface area contributed by atoms with Gasteiger partial charge >= 0.3 is 0 Å². The van der Waals surface area contributed by atoms with E-state index < -0.39 is 6.10 Å². The maximum absolute atomic E-state index is 9.07. The third-order valence-corrected chi connectivity index (χ3v) is 1.29. The van der Waals surface area contributed by atoms with Gasteiger partial charge in [-0.15, -0.1) is 0 Å². The molecular weight excluding hydrogens is 255 g/mol. The molecule has 62 valence electrons. The molecule has 0 saturated heterocycles. The van der Waals surface area contributed by atoms with Gasteiger partial charge in [-0.1, -0.05) is 0 Å². The summed E-state index contributed by atoms with van der Waals surface area (Å²) in [4.78, 5) is 3.97. The zero-order chi connectivity index (χ0) is 7.56. The number of hydrogen-bond acceptors (Lipinski definition) is 2. The summed E-state index contributed by atoms with van der Waals surface area (Å²) in [6, 6.07) is 0. The fourth-order valence-electron chi connectivity index (χ4n) is 0.725. The second kappa shape index (κ2) is 4.61. The second-order valence-corrected chi connectivity index (χ2v) is 2.32. The summed E-state index contributed by atoms with van der Waals surface area (Å²) in [6.45, 7) is 1.70. The van der Waals surface area contributed by atoms with Crippen LogP contribution in [0.3, 0.4) is 0 Å². The van der Waals surface area contributed by atoms with Crippen LogP contribution in [0.5, 0.6) is 0 Å². The van der Waals surface area contributed by atoms with Crippen molar-refractivity contribution < 1.29 is 33.7 Å². The summed E-state index contributed by atoms with van der Waals surface area (Å²) in [5.41, 5.74) is 0.699. The molecule has 1 aromatic heterocycles. The first-order chi connectivity index (χ1) is 4.70. The molecule has 1 aromatic rings. The van der Waals surface area contributed by atoms with Gasteiger partial charge in [0.05, 0.1) is 12.3 Å². The molecular formula is C7H11IN2O. The van der Waals surface area contributed by atoms with E-state index in [-0.39, 0.29) is 24.0 Å². The zero-order valence-corrected chi connectivity index (χ0v) is 8.69. The van der Waals surface area contributed by atoms with Crippen LogP contribution in [0.25, 0.3) is 0 Å². The van der Waals surface area contributed by atoms with Gasteiger partial charge in [-0.05, 0) is 6.92 Å². The highest BCUT2D eigenvalue weighted by Crippen LogP contribution is 2.02. The Morgan fingerprint density at radius 3 is 2.64 bits per heavy atom. The van der Waals surface area contributed by atoms with Crippen molar-refractivity contribution in [2.45, 2.75) is 13.0 Å². The van der Waals surface area contributed by atoms with Crippen molar-refractivity contribution in [1.82, 2.24) is 4.98 Å². The molecule has 1 unspecified atom stereocenters. The average molecular weight is 266 g/mol. The normalized spacial score (nSPS) is 11.9. The second-order valence-electron chi connectivity index (χ2n) is 2.32. The molecule has 1 atom stereocenters. The lowest BCUT2D eigenvalue weighted by Gasteiger charge is -1.98. The first-order valence-electron chi connectivity index (χ1n) is 3.19. The lowest BCUT2D eigenvalue weighted by molar-refractivity contribution is -0.672. The molecule has 0 aliphatic rings. The third kappa shape index (κ3) is 3.11. The highest BCUT2D eigenvalue weighted by molar-refractivity contribution is 4.93. The van der Waals surface area contributed by atoms with Crippen LogP contribution in [-0.2, 0) is 7.05 Å². The van der Waals surface area contributed by atoms with Crippen LogP contribution in [0.1, 0.15) is 18.7 Å². The minimum absolute atomic E-state index is 0. The van der Waals surface area contributed by atoms with E-state index in [9.17, 15) is 0 Å². The van der Waals surface area contributed by atoms with E-state index >= 15 is 0 Å².